The van der Waals surface area contributed by atoms with E-state index in [0.29, 0.717) is 6.04 Å². The first-order valence-electron chi connectivity index (χ1n) is 6.34. The van der Waals surface area contributed by atoms with Crippen molar-refractivity contribution in [2.24, 2.45) is 0 Å². The highest BCUT2D eigenvalue weighted by Gasteiger charge is 2.05. The van der Waals surface area contributed by atoms with Gasteiger partial charge in [-0.05, 0) is 29.3 Å². The number of halogens is 2. The van der Waals surface area contributed by atoms with Gasteiger partial charge in [-0.25, -0.2) is 0 Å². The van der Waals surface area contributed by atoms with Crippen molar-refractivity contribution in [1.29, 1.82) is 0 Å². The van der Waals surface area contributed by atoms with E-state index in [1.54, 1.807) is 0 Å². The highest BCUT2D eigenvalue weighted by molar-refractivity contribution is 9.10. The van der Waals surface area contributed by atoms with Gasteiger partial charge in [0.15, 0.2) is 0 Å². The molecule has 1 nitrogen and oxygen atoms in total. The van der Waals surface area contributed by atoms with Gasteiger partial charge in [-0.2, -0.15) is 0 Å². The maximum Gasteiger partial charge on any atom is 0.0487 e. The Morgan fingerprint density at radius 1 is 1.16 bits per heavy atom. The lowest BCUT2D eigenvalue weighted by molar-refractivity contribution is 0.589. The smallest absolute Gasteiger partial charge is 0.0487 e. The Balaban J connectivity index is 2.24. The molecule has 0 aliphatic carbocycles. The van der Waals surface area contributed by atoms with Crippen molar-refractivity contribution in [2.75, 3.05) is 0 Å². The number of hydrogen-bond donors (Lipinski definition) is 1. The minimum Gasteiger partial charge on any atom is -0.310 e. The van der Waals surface area contributed by atoms with E-state index in [1.807, 2.05) is 18.2 Å². The summed E-state index contributed by atoms with van der Waals surface area (Å²) in [6.45, 7) is 5.12. The predicted octanol–water partition coefficient (Wildman–Crippen LogP) is 5.27. The zero-order chi connectivity index (χ0) is 13.8. The van der Waals surface area contributed by atoms with Crippen molar-refractivity contribution in [3.05, 3.63) is 57.5 Å². The maximum atomic E-state index is 6.39. The fourth-order valence-electron chi connectivity index (χ4n) is 1.88. The summed E-state index contributed by atoms with van der Waals surface area (Å²) in [7, 11) is 0. The molecule has 100 valence electrons. The summed E-state index contributed by atoms with van der Waals surface area (Å²) >= 11 is 9.87. The van der Waals surface area contributed by atoms with Gasteiger partial charge in [0.1, 0.15) is 0 Å². The molecule has 0 spiro atoms. The summed E-state index contributed by atoms with van der Waals surface area (Å²) in [5.41, 5.74) is 3.40. The van der Waals surface area contributed by atoms with Crippen molar-refractivity contribution in [3.63, 3.8) is 0 Å². The zero-order valence-electron chi connectivity index (χ0n) is 11.1. The molecule has 0 heterocycles. The van der Waals surface area contributed by atoms with Crippen LogP contribution in [0.25, 0.3) is 11.1 Å². The molecule has 0 atom stereocenters. The van der Waals surface area contributed by atoms with Gasteiger partial charge in [0.05, 0.1) is 0 Å². The third-order valence-corrected chi connectivity index (χ3v) is 3.69. The molecule has 0 saturated carbocycles. The first-order valence-corrected chi connectivity index (χ1v) is 7.51. The van der Waals surface area contributed by atoms with Gasteiger partial charge in [0.2, 0.25) is 0 Å². The van der Waals surface area contributed by atoms with Crippen LogP contribution in [0.5, 0.6) is 0 Å². The first kappa shape index (κ1) is 14.6. The second-order valence-corrected chi connectivity index (χ2v) is 6.18. The van der Waals surface area contributed by atoms with Gasteiger partial charge in [-0.1, -0.05) is 65.6 Å². The average molecular weight is 339 g/mol. The summed E-state index contributed by atoms with van der Waals surface area (Å²) in [6.07, 6.45) is 0. The van der Waals surface area contributed by atoms with E-state index in [4.69, 9.17) is 11.6 Å². The SMILES string of the molecule is CC(C)NCc1ccc(-c2cccc(Br)c2)c(Cl)c1. The Kier molecular flexibility index (Phi) is 5.03. The quantitative estimate of drug-likeness (QED) is 0.801. The van der Waals surface area contributed by atoms with Gasteiger partial charge < -0.3 is 5.32 Å². The molecular weight excluding hydrogens is 322 g/mol. The summed E-state index contributed by atoms with van der Waals surface area (Å²) in [5.74, 6) is 0. The molecule has 19 heavy (non-hydrogen) atoms. The van der Waals surface area contributed by atoms with E-state index in [2.05, 4.69) is 59.4 Å². The van der Waals surface area contributed by atoms with Crippen molar-refractivity contribution < 1.29 is 0 Å². The van der Waals surface area contributed by atoms with Crippen LogP contribution in [0.3, 0.4) is 0 Å². The highest BCUT2D eigenvalue weighted by atomic mass is 79.9. The van der Waals surface area contributed by atoms with Gasteiger partial charge in [0.25, 0.3) is 0 Å². The van der Waals surface area contributed by atoms with Crippen LogP contribution in [0.2, 0.25) is 5.02 Å². The largest absolute Gasteiger partial charge is 0.310 e. The molecule has 0 bridgehead atoms. The Bertz CT molecular complexity index is 566. The molecule has 0 aliphatic heterocycles. The molecular formula is C16H17BrClN. The van der Waals surface area contributed by atoms with E-state index in [1.165, 1.54) is 5.56 Å². The molecule has 0 amide bonds. The molecule has 1 N–H and O–H groups in total. The fraction of sp³-hybridized carbons (Fsp3) is 0.250. The molecule has 0 radical (unpaired) electrons. The lowest BCUT2D eigenvalue weighted by Crippen LogP contribution is -2.21. The minimum absolute atomic E-state index is 0.475. The predicted molar refractivity (Wildman–Crippen MR) is 86.6 cm³/mol. The maximum absolute atomic E-state index is 6.39. The van der Waals surface area contributed by atoms with Crippen LogP contribution in [-0.2, 0) is 6.54 Å². The van der Waals surface area contributed by atoms with Gasteiger partial charge >= 0.3 is 0 Å². The van der Waals surface area contributed by atoms with E-state index < -0.39 is 0 Å². The van der Waals surface area contributed by atoms with Crippen LogP contribution in [-0.4, -0.2) is 6.04 Å². The molecule has 3 heteroatoms. The third kappa shape index (κ3) is 4.07. The molecule has 2 aromatic rings. The molecule has 2 rings (SSSR count). The van der Waals surface area contributed by atoms with E-state index in [0.717, 1.165) is 27.2 Å². The fourth-order valence-corrected chi connectivity index (χ4v) is 2.59. The van der Waals surface area contributed by atoms with Gasteiger partial charge in [0, 0.05) is 27.6 Å². The molecule has 0 unspecified atom stereocenters. The number of nitrogens with one attached hydrogen (secondary N) is 1. The van der Waals surface area contributed by atoms with E-state index >= 15 is 0 Å². The van der Waals surface area contributed by atoms with Gasteiger partial charge in [-0.15, -0.1) is 0 Å². The number of hydrogen-bond acceptors (Lipinski definition) is 1. The third-order valence-electron chi connectivity index (χ3n) is 2.88. The van der Waals surface area contributed by atoms with Crippen LogP contribution in [0, 0.1) is 0 Å². The Morgan fingerprint density at radius 3 is 2.58 bits per heavy atom. The normalized spacial score (nSPS) is 11.0. The van der Waals surface area contributed by atoms with Crippen LogP contribution in [0.15, 0.2) is 46.9 Å². The summed E-state index contributed by atoms with van der Waals surface area (Å²) in [4.78, 5) is 0. The van der Waals surface area contributed by atoms with E-state index in [-0.39, 0.29) is 0 Å². The van der Waals surface area contributed by atoms with Crippen LogP contribution < -0.4 is 5.32 Å². The Labute approximate surface area is 128 Å². The number of benzene rings is 2. The minimum atomic E-state index is 0.475. The second-order valence-electron chi connectivity index (χ2n) is 4.86. The van der Waals surface area contributed by atoms with Crippen LogP contribution >= 0.6 is 27.5 Å². The molecule has 2 aromatic carbocycles. The summed E-state index contributed by atoms with van der Waals surface area (Å²) in [6, 6.07) is 14.9. The molecule has 0 aromatic heterocycles. The van der Waals surface area contributed by atoms with Crippen molar-refractivity contribution in [1.82, 2.24) is 5.32 Å². The zero-order valence-corrected chi connectivity index (χ0v) is 13.4. The Morgan fingerprint density at radius 2 is 1.95 bits per heavy atom. The van der Waals surface area contributed by atoms with Crippen molar-refractivity contribution >= 4 is 27.5 Å². The molecule has 0 fully saturated rings. The molecule has 0 aliphatic rings. The highest BCUT2D eigenvalue weighted by Crippen LogP contribution is 2.30. The van der Waals surface area contributed by atoms with Crippen LogP contribution in [0.1, 0.15) is 19.4 Å². The standard InChI is InChI=1S/C16H17BrClN/c1-11(2)19-10-12-6-7-15(16(18)8-12)13-4-3-5-14(17)9-13/h3-9,11,19H,10H2,1-2H3. The van der Waals surface area contributed by atoms with Gasteiger partial charge in [-0.3, -0.25) is 0 Å². The molecule has 0 saturated heterocycles. The second kappa shape index (κ2) is 6.56. The topological polar surface area (TPSA) is 12.0 Å². The number of rotatable bonds is 4. The first-order chi connectivity index (χ1) is 9.06. The Hall–Kier alpha value is -0.830. The monoisotopic (exact) mass is 337 g/mol. The average Bonchev–Trinajstić information content (AvgIpc) is 2.36. The van der Waals surface area contributed by atoms with Crippen molar-refractivity contribution in [3.8, 4) is 11.1 Å². The van der Waals surface area contributed by atoms with E-state index in [9.17, 15) is 0 Å². The lowest BCUT2D eigenvalue weighted by Gasteiger charge is -2.10. The van der Waals surface area contributed by atoms with Crippen molar-refractivity contribution in [2.45, 2.75) is 26.4 Å². The summed E-state index contributed by atoms with van der Waals surface area (Å²) < 4.78 is 1.06. The van der Waals surface area contributed by atoms with Crippen LogP contribution in [0.4, 0.5) is 0 Å². The lowest BCUT2D eigenvalue weighted by atomic mass is 10.0. The summed E-state index contributed by atoms with van der Waals surface area (Å²) in [5, 5.41) is 4.18.